The summed E-state index contributed by atoms with van der Waals surface area (Å²) in [4.78, 5) is 38.8. The molecule has 4 rings (SSSR count). The molecule has 1 aromatic carbocycles. The van der Waals surface area contributed by atoms with Crippen LogP contribution in [0.3, 0.4) is 0 Å². The zero-order valence-electron chi connectivity index (χ0n) is 19.1. The fraction of sp³-hybridized carbons (Fsp3) is 0.320. The van der Waals surface area contributed by atoms with Crippen molar-refractivity contribution in [3.63, 3.8) is 0 Å². The Bertz CT molecular complexity index is 1270. The van der Waals surface area contributed by atoms with Crippen LogP contribution in [-0.4, -0.2) is 29.1 Å². The lowest BCUT2D eigenvalue weighted by molar-refractivity contribution is 0.0923. The molecule has 3 aromatic rings. The average Bonchev–Trinajstić information content (AvgIpc) is 3.47. The van der Waals surface area contributed by atoms with Gasteiger partial charge in [0.25, 0.3) is 11.8 Å². The predicted molar refractivity (Wildman–Crippen MR) is 122 cm³/mol. The van der Waals surface area contributed by atoms with Crippen LogP contribution in [0, 0.1) is 18.6 Å². The third-order valence-electron chi connectivity index (χ3n) is 5.60. The van der Waals surface area contributed by atoms with Gasteiger partial charge in [0.05, 0.1) is 12.6 Å². The predicted octanol–water partition coefficient (Wildman–Crippen LogP) is 3.07. The number of ether oxygens (including phenoxy) is 1. The Kier molecular flexibility index (Phi) is 7.40. The van der Waals surface area contributed by atoms with Crippen molar-refractivity contribution in [2.45, 2.75) is 45.5 Å². The molecule has 2 amide bonds. The monoisotopic (exact) mass is 485 g/mol. The highest BCUT2D eigenvalue weighted by Crippen LogP contribution is 2.15. The highest BCUT2D eigenvalue weighted by molar-refractivity contribution is 5.99. The number of halogens is 2. The number of benzene rings is 1. The molecule has 0 aliphatic carbocycles. The van der Waals surface area contributed by atoms with Crippen LogP contribution in [0.15, 0.2) is 51.9 Å². The van der Waals surface area contributed by atoms with Gasteiger partial charge in [-0.25, -0.2) is 8.78 Å². The topological polar surface area (TPSA) is 103 Å². The lowest BCUT2D eigenvalue weighted by Crippen LogP contribution is -2.35. The molecule has 8 nitrogen and oxygen atoms in total. The van der Waals surface area contributed by atoms with E-state index in [-0.39, 0.29) is 35.9 Å². The summed E-state index contributed by atoms with van der Waals surface area (Å²) in [5, 5.41) is 5.13. The standard InChI is InChI=1S/C25H25F2N3O5/c1-15-4-5-19(35-15)11-29-25(33)22-14-30(12-20-3-2-6-34-20)13-21(23(22)31)24(32)28-10-16-7-17(26)9-18(27)8-16/h4-5,7-9,13-14,20H,2-3,6,10-12H2,1H3,(H,28,32)(H,29,33). The molecule has 1 saturated heterocycles. The lowest BCUT2D eigenvalue weighted by Gasteiger charge is -2.15. The summed E-state index contributed by atoms with van der Waals surface area (Å²) in [6, 6.07) is 6.36. The second-order valence-electron chi connectivity index (χ2n) is 8.40. The molecule has 35 heavy (non-hydrogen) atoms. The first-order chi connectivity index (χ1) is 16.8. The molecule has 1 aliphatic rings. The fourth-order valence-corrected chi connectivity index (χ4v) is 3.92. The van der Waals surface area contributed by atoms with Crippen LogP contribution in [0.2, 0.25) is 0 Å². The maximum Gasteiger partial charge on any atom is 0.257 e. The zero-order valence-corrected chi connectivity index (χ0v) is 19.1. The molecule has 2 N–H and O–H groups in total. The number of hydrogen-bond acceptors (Lipinski definition) is 5. The number of carbonyl (C=O) groups excluding carboxylic acids is 2. The summed E-state index contributed by atoms with van der Waals surface area (Å²) < 4.78 is 39.6. The first-order valence-electron chi connectivity index (χ1n) is 11.2. The maximum absolute atomic E-state index is 13.5. The number of nitrogens with zero attached hydrogens (tertiary/aromatic N) is 1. The van der Waals surface area contributed by atoms with E-state index in [0.717, 1.165) is 31.0 Å². The Morgan fingerprint density at radius 2 is 1.69 bits per heavy atom. The molecule has 1 fully saturated rings. The SMILES string of the molecule is Cc1ccc(CNC(=O)c2cn(CC3CCCO3)cc(C(=O)NCc3cc(F)cc(F)c3)c2=O)o1. The van der Waals surface area contributed by atoms with Crippen molar-refractivity contribution in [2.24, 2.45) is 0 Å². The van der Waals surface area contributed by atoms with Crippen molar-refractivity contribution in [3.05, 3.63) is 92.8 Å². The molecule has 0 spiro atoms. The Morgan fingerprint density at radius 1 is 1.03 bits per heavy atom. The molecular formula is C25H25F2N3O5. The number of aryl methyl sites for hydroxylation is 1. The minimum atomic E-state index is -0.779. The highest BCUT2D eigenvalue weighted by Gasteiger charge is 2.22. The lowest BCUT2D eigenvalue weighted by atomic mass is 10.1. The van der Waals surface area contributed by atoms with E-state index in [4.69, 9.17) is 9.15 Å². The summed E-state index contributed by atoms with van der Waals surface area (Å²) in [5.41, 5.74) is -1.04. The number of rotatable bonds is 8. The minimum Gasteiger partial charge on any atom is -0.465 e. The van der Waals surface area contributed by atoms with E-state index < -0.39 is 28.9 Å². The third kappa shape index (κ3) is 6.21. The molecule has 2 aromatic heterocycles. The quantitative estimate of drug-likeness (QED) is 0.511. The molecule has 0 bridgehead atoms. The van der Waals surface area contributed by atoms with Crippen LogP contribution in [0.25, 0.3) is 0 Å². The van der Waals surface area contributed by atoms with Gasteiger partial charge in [0.2, 0.25) is 5.43 Å². The van der Waals surface area contributed by atoms with Gasteiger partial charge in [-0.2, -0.15) is 0 Å². The number of carbonyl (C=O) groups is 2. The van der Waals surface area contributed by atoms with Gasteiger partial charge in [-0.05, 0) is 49.6 Å². The Labute approximate surface area is 199 Å². The Hall–Kier alpha value is -3.79. The average molecular weight is 485 g/mol. The van der Waals surface area contributed by atoms with E-state index >= 15 is 0 Å². The van der Waals surface area contributed by atoms with Gasteiger partial charge in [0.1, 0.15) is 34.3 Å². The number of pyridine rings is 1. The van der Waals surface area contributed by atoms with E-state index in [0.29, 0.717) is 24.7 Å². The first kappa shape index (κ1) is 24.3. The van der Waals surface area contributed by atoms with Crippen molar-refractivity contribution in [1.29, 1.82) is 0 Å². The molecule has 0 saturated carbocycles. The number of amides is 2. The van der Waals surface area contributed by atoms with Gasteiger partial charge in [-0.3, -0.25) is 14.4 Å². The van der Waals surface area contributed by atoms with Gasteiger partial charge in [-0.15, -0.1) is 0 Å². The van der Waals surface area contributed by atoms with E-state index in [9.17, 15) is 23.2 Å². The van der Waals surface area contributed by atoms with Crippen molar-refractivity contribution in [1.82, 2.24) is 15.2 Å². The van der Waals surface area contributed by atoms with E-state index in [1.165, 1.54) is 12.4 Å². The van der Waals surface area contributed by atoms with Gasteiger partial charge in [0, 0.05) is 38.2 Å². The maximum atomic E-state index is 13.5. The van der Waals surface area contributed by atoms with E-state index in [1.807, 2.05) is 0 Å². The normalized spacial score (nSPS) is 15.2. The van der Waals surface area contributed by atoms with Crippen LogP contribution in [0.5, 0.6) is 0 Å². The van der Waals surface area contributed by atoms with Crippen molar-refractivity contribution < 1.29 is 27.5 Å². The second kappa shape index (κ2) is 10.6. The van der Waals surface area contributed by atoms with Crippen molar-refractivity contribution in [2.75, 3.05) is 6.61 Å². The highest BCUT2D eigenvalue weighted by atomic mass is 19.1. The smallest absolute Gasteiger partial charge is 0.257 e. The molecule has 1 atom stereocenters. The van der Waals surface area contributed by atoms with Crippen molar-refractivity contribution in [3.8, 4) is 0 Å². The first-order valence-corrected chi connectivity index (χ1v) is 11.2. The third-order valence-corrected chi connectivity index (χ3v) is 5.60. The van der Waals surface area contributed by atoms with Gasteiger partial charge >= 0.3 is 0 Å². The number of aromatic nitrogens is 1. The fourth-order valence-electron chi connectivity index (χ4n) is 3.92. The number of furan rings is 1. The minimum absolute atomic E-state index is 0.0689. The zero-order chi connectivity index (χ0) is 24.9. The summed E-state index contributed by atoms with van der Waals surface area (Å²) >= 11 is 0. The van der Waals surface area contributed by atoms with Crippen LogP contribution in [0.1, 0.15) is 50.6 Å². The second-order valence-corrected chi connectivity index (χ2v) is 8.40. The number of hydrogen-bond donors (Lipinski definition) is 2. The Balaban J connectivity index is 1.56. The Morgan fingerprint density at radius 3 is 2.26 bits per heavy atom. The van der Waals surface area contributed by atoms with Crippen LogP contribution in [-0.2, 0) is 24.4 Å². The van der Waals surface area contributed by atoms with Crippen LogP contribution in [0.4, 0.5) is 8.78 Å². The molecule has 1 unspecified atom stereocenters. The van der Waals surface area contributed by atoms with Crippen molar-refractivity contribution >= 4 is 11.8 Å². The van der Waals surface area contributed by atoms with Gasteiger partial charge in [0.15, 0.2) is 0 Å². The van der Waals surface area contributed by atoms with E-state index in [2.05, 4.69) is 10.6 Å². The summed E-state index contributed by atoms with van der Waals surface area (Å²) in [6.07, 6.45) is 4.37. The van der Waals surface area contributed by atoms with Crippen LogP contribution < -0.4 is 16.1 Å². The van der Waals surface area contributed by atoms with Gasteiger partial charge < -0.3 is 24.4 Å². The molecule has 3 heterocycles. The molecule has 184 valence electrons. The number of nitrogens with one attached hydrogen (secondary N) is 2. The summed E-state index contributed by atoms with van der Waals surface area (Å²) in [6.45, 7) is 2.62. The molecule has 1 aliphatic heterocycles. The largest absolute Gasteiger partial charge is 0.465 e. The van der Waals surface area contributed by atoms with Crippen LogP contribution >= 0.6 is 0 Å². The molecule has 10 heteroatoms. The molecular weight excluding hydrogens is 460 g/mol. The van der Waals surface area contributed by atoms with E-state index in [1.54, 1.807) is 23.6 Å². The van der Waals surface area contributed by atoms with Gasteiger partial charge in [-0.1, -0.05) is 0 Å². The molecule has 0 radical (unpaired) electrons. The summed E-state index contributed by atoms with van der Waals surface area (Å²) in [7, 11) is 0. The summed E-state index contributed by atoms with van der Waals surface area (Å²) in [5.74, 6) is -1.78.